The van der Waals surface area contributed by atoms with Gasteiger partial charge in [-0.3, -0.25) is 9.59 Å². The molecule has 8 heteroatoms. The number of carbonyl (C=O) groups excluding carboxylic acids is 2. The first-order chi connectivity index (χ1) is 8.32. The molecule has 104 valence electrons. The normalized spacial score (nSPS) is 10.2. The summed E-state index contributed by atoms with van der Waals surface area (Å²) >= 11 is 0. The number of amides is 3. The molecule has 0 heterocycles. The molecule has 0 saturated carbocycles. The summed E-state index contributed by atoms with van der Waals surface area (Å²) in [5, 5.41) is 11.1. The molecule has 0 aromatic carbocycles. The predicted octanol–water partition coefficient (Wildman–Crippen LogP) is -1.48. The van der Waals surface area contributed by atoms with Crippen molar-refractivity contribution in [1.29, 1.82) is 0 Å². The molecule has 0 aromatic rings. The summed E-state index contributed by atoms with van der Waals surface area (Å²) in [5.74, 6) is -1.95. The van der Waals surface area contributed by atoms with Gasteiger partial charge in [-0.15, -0.1) is 0 Å². The highest BCUT2D eigenvalue weighted by molar-refractivity contribution is 5.85. The highest BCUT2D eigenvalue weighted by atomic mass is 16.4. The molecule has 0 spiro atoms. The van der Waals surface area contributed by atoms with E-state index in [0.717, 1.165) is 17.9 Å². The molecule has 0 fully saturated rings. The number of hydrogen-bond donors (Lipinski definition) is 3. The number of carboxylic acid groups (broad SMARTS) is 1. The molecule has 0 aliphatic heterocycles. The van der Waals surface area contributed by atoms with E-state index in [-0.39, 0.29) is 0 Å². The molecule has 4 N–H and O–H groups in total. The molecule has 0 radical (unpaired) electrons. The Balaban J connectivity index is 4.12. The van der Waals surface area contributed by atoms with Gasteiger partial charge >= 0.3 is 12.0 Å². The zero-order valence-corrected chi connectivity index (χ0v) is 10.7. The molecular formula is C10H20N4O4. The van der Waals surface area contributed by atoms with E-state index in [1.54, 1.807) is 0 Å². The third kappa shape index (κ3) is 8.34. The van der Waals surface area contributed by atoms with Gasteiger partial charge in [-0.25, -0.2) is 4.79 Å². The second kappa shape index (κ2) is 8.29. The molecule has 18 heavy (non-hydrogen) atoms. The minimum absolute atomic E-state index is 0.409. The monoisotopic (exact) mass is 260 g/mol. The molecule has 0 saturated heterocycles. The van der Waals surface area contributed by atoms with Crippen LogP contribution in [0.3, 0.4) is 0 Å². The maximum atomic E-state index is 11.6. The van der Waals surface area contributed by atoms with Crippen LogP contribution in [0.2, 0.25) is 0 Å². The second-order valence-corrected chi connectivity index (χ2v) is 4.10. The minimum Gasteiger partial charge on any atom is -0.480 e. The van der Waals surface area contributed by atoms with Crippen LogP contribution in [0.25, 0.3) is 0 Å². The van der Waals surface area contributed by atoms with Gasteiger partial charge in [0, 0.05) is 6.54 Å². The van der Waals surface area contributed by atoms with Gasteiger partial charge in [-0.1, -0.05) is 0 Å². The topological polar surface area (TPSA) is 116 Å². The van der Waals surface area contributed by atoms with Crippen LogP contribution in [-0.4, -0.2) is 73.1 Å². The summed E-state index contributed by atoms with van der Waals surface area (Å²) in [5.41, 5.74) is 4.94. The first-order valence-electron chi connectivity index (χ1n) is 5.50. The van der Waals surface area contributed by atoms with Crippen molar-refractivity contribution in [2.45, 2.75) is 6.42 Å². The van der Waals surface area contributed by atoms with E-state index in [1.165, 1.54) is 0 Å². The maximum absolute atomic E-state index is 11.6. The molecule has 3 amide bonds. The maximum Gasteiger partial charge on any atom is 0.323 e. The zero-order valence-electron chi connectivity index (χ0n) is 10.7. The van der Waals surface area contributed by atoms with E-state index < -0.39 is 31.0 Å². The van der Waals surface area contributed by atoms with Gasteiger partial charge in [0.1, 0.15) is 13.1 Å². The number of rotatable bonds is 8. The fourth-order valence-electron chi connectivity index (χ4n) is 1.25. The number of primary amides is 1. The Morgan fingerprint density at radius 3 is 2.28 bits per heavy atom. The fraction of sp³-hybridized carbons (Fsp3) is 0.700. The van der Waals surface area contributed by atoms with E-state index in [1.807, 2.05) is 19.0 Å². The summed E-state index contributed by atoms with van der Waals surface area (Å²) in [7, 11) is 3.82. The third-order valence-corrected chi connectivity index (χ3v) is 2.02. The molecule has 0 bridgehead atoms. The number of nitrogens with one attached hydrogen (secondary N) is 1. The number of carbonyl (C=O) groups is 3. The zero-order chi connectivity index (χ0) is 14.1. The smallest absolute Gasteiger partial charge is 0.323 e. The van der Waals surface area contributed by atoms with Crippen molar-refractivity contribution in [1.82, 2.24) is 15.1 Å². The Hall–Kier alpha value is -1.83. The lowest BCUT2D eigenvalue weighted by Crippen LogP contribution is -2.47. The second-order valence-electron chi connectivity index (χ2n) is 4.10. The highest BCUT2D eigenvalue weighted by Crippen LogP contribution is 1.90. The van der Waals surface area contributed by atoms with Crippen LogP contribution in [0.1, 0.15) is 6.42 Å². The van der Waals surface area contributed by atoms with Crippen molar-refractivity contribution in [2.75, 3.05) is 40.3 Å². The summed E-state index contributed by atoms with van der Waals surface area (Å²) in [6, 6.07) is -0.602. The summed E-state index contributed by atoms with van der Waals surface area (Å²) in [6.45, 7) is 0.245. The molecule has 0 aromatic heterocycles. The van der Waals surface area contributed by atoms with Crippen LogP contribution >= 0.6 is 0 Å². The molecule has 0 rings (SSSR count). The lowest BCUT2D eigenvalue weighted by atomic mass is 10.4. The van der Waals surface area contributed by atoms with Crippen molar-refractivity contribution in [3.8, 4) is 0 Å². The number of carboxylic acids is 1. The standard InChI is InChI=1S/C10H20N4O4/c1-13(2)5-3-4-12-10(18)14(6-8(11)15)7-9(16)17/h3-7H2,1-2H3,(H2,11,15)(H,12,18)(H,16,17). The number of hydrogen-bond acceptors (Lipinski definition) is 4. The van der Waals surface area contributed by atoms with Gasteiger partial charge in [0.2, 0.25) is 5.91 Å². The largest absolute Gasteiger partial charge is 0.480 e. The highest BCUT2D eigenvalue weighted by Gasteiger charge is 2.18. The lowest BCUT2D eigenvalue weighted by molar-refractivity contribution is -0.137. The number of urea groups is 1. The van der Waals surface area contributed by atoms with Crippen LogP contribution < -0.4 is 11.1 Å². The van der Waals surface area contributed by atoms with Crippen molar-refractivity contribution in [3.05, 3.63) is 0 Å². The van der Waals surface area contributed by atoms with Gasteiger partial charge in [0.05, 0.1) is 0 Å². The predicted molar refractivity (Wildman–Crippen MR) is 65.0 cm³/mol. The van der Waals surface area contributed by atoms with Gasteiger partial charge in [-0.2, -0.15) is 0 Å². The molecule has 0 aliphatic rings. The van der Waals surface area contributed by atoms with Crippen molar-refractivity contribution in [2.24, 2.45) is 5.73 Å². The Morgan fingerprint density at radius 1 is 1.22 bits per heavy atom. The molecule has 8 nitrogen and oxygen atoms in total. The Bertz CT molecular complexity index is 290. The third-order valence-electron chi connectivity index (χ3n) is 2.02. The van der Waals surface area contributed by atoms with Crippen molar-refractivity contribution in [3.63, 3.8) is 0 Å². The van der Waals surface area contributed by atoms with Crippen LogP contribution in [-0.2, 0) is 9.59 Å². The average Bonchev–Trinajstić information content (AvgIpc) is 2.21. The quantitative estimate of drug-likeness (QED) is 0.460. The first kappa shape index (κ1) is 16.2. The number of nitrogens with two attached hydrogens (primary N) is 1. The Labute approximate surface area is 106 Å². The van der Waals surface area contributed by atoms with E-state index in [4.69, 9.17) is 10.8 Å². The summed E-state index contributed by atoms with van der Waals surface area (Å²) in [4.78, 5) is 35.7. The summed E-state index contributed by atoms with van der Waals surface area (Å²) in [6.07, 6.45) is 0.732. The van der Waals surface area contributed by atoms with E-state index in [0.29, 0.717) is 6.54 Å². The van der Waals surface area contributed by atoms with Crippen LogP contribution in [0.4, 0.5) is 4.79 Å². The molecular weight excluding hydrogens is 240 g/mol. The minimum atomic E-state index is -1.19. The van der Waals surface area contributed by atoms with Crippen molar-refractivity contribution < 1.29 is 19.5 Å². The number of aliphatic carboxylic acids is 1. The molecule has 0 unspecified atom stereocenters. The Morgan fingerprint density at radius 2 is 1.83 bits per heavy atom. The first-order valence-corrected chi connectivity index (χ1v) is 5.50. The SMILES string of the molecule is CN(C)CCCNC(=O)N(CC(N)=O)CC(=O)O. The summed E-state index contributed by atoms with van der Waals surface area (Å²) < 4.78 is 0. The van der Waals surface area contributed by atoms with Gasteiger partial charge < -0.3 is 26.0 Å². The van der Waals surface area contributed by atoms with Gasteiger partial charge in [0.15, 0.2) is 0 Å². The van der Waals surface area contributed by atoms with Crippen LogP contribution in [0, 0.1) is 0 Å². The van der Waals surface area contributed by atoms with Crippen molar-refractivity contribution >= 4 is 17.9 Å². The van der Waals surface area contributed by atoms with E-state index in [2.05, 4.69) is 5.32 Å². The fourth-order valence-corrected chi connectivity index (χ4v) is 1.25. The average molecular weight is 260 g/mol. The van der Waals surface area contributed by atoms with Crippen LogP contribution in [0.15, 0.2) is 0 Å². The number of nitrogens with zero attached hydrogens (tertiary/aromatic N) is 2. The van der Waals surface area contributed by atoms with Crippen LogP contribution in [0.5, 0.6) is 0 Å². The lowest BCUT2D eigenvalue weighted by Gasteiger charge is -2.19. The Kier molecular flexibility index (Phi) is 7.45. The van der Waals surface area contributed by atoms with Gasteiger partial charge in [0.25, 0.3) is 0 Å². The molecule has 0 aliphatic carbocycles. The van der Waals surface area contributed by atoms with Gasteiger partial charge in [-0.05, 0) is 27.1 Å². The van der Waals surface area contributed by atoms with E-state index in [9.17, 15) is 14.4 Å². The van der Waals surface area contributed by atoms with E-state index >= 15 is 0 Å². The molecule has 0 atom stereocenters.